The van der Waals surface area contributed by atoms with E-state index in [1.165, 1.54) is 10.5 Å². The lowest BCUT2D eigenvalue weighted by Crippen LogP contribution is -2.56. The molecule has 3 amide bonds. The van der Waals surface area contributed by atoms with Gasteiger partial charge in [0, 0.05) is 39.9 Å². The average molecular weight is 502 g/mol. The number of benzene rings is 3. The maximum atomic E-state index is 13.9. The van der Waals surface area contributed by atoms with Crippen LogP contribution in [0.1, 0.15) is 30.4 Å². The number of carbonyl (C=O) groups excluding carboxylic acids is 2. The van der Waals surface area contributed by atoms with Gasteiger partial charge in [-0.15, -0.1) is 0 Å². The second kappa shape index (κ2) is 10.9. The third-order valence-corrected chi connectivity index (χ3v) is 7.75. The van der Waals surface area contributed by atoms with E-state index in [1.807, 2.05) is 35.2 Å². The molecular formula is C30H35N3O4. The first-order chi connectivity index (χ1) is 18.0. The molecule has 0 saturated carbocycles. The summed E-state index contributed by atoms with van der Waals surface area (Å²) >= 11 is 0. The Morgan fingerprint density at radius 2 is 1.54 bits per heavy atom. The normalized spacial score (nSPS) is 17.8. The van der Waals surface area contributed by atoms with Crippen LogP contribution < -0.4 is 4.74 Å². The van der Waals surface area contributed by atoms with Crippen LogP contribution in [0.2, 0.25) is 0 Å². The fourth-order valence-corrected chi connectivity index (χ4v) is 5.67. The number of fused-ring (bicyclic) bond motifs is 1. The molecule has 5 rings (SSSR count). The first-order valence-electron chi connectivity index (χ1n) is 13.0. The molecule has 0 N–H and O–H groups in total. The molecule has 0 bridgehead atoms. The number of rotatable bonds is 9. The zero-order valence-electron chi connectivity index (χ0n) is 21.7. The van der Waals surface area contributed by atoms with Crippen LogP contribution in [0, 0.1) is 0 Å². The summed E-state index contributed by atoms with van der Waals surface area (Å²) in [7, 11) is 3.33. The number of nitrogens with zero attached hydrogens (tertiary/aromatic N) is 3. The molecule has 0 aromatic heterocycles. The van der Waals surface area contributed by atoms with Gasteiger partial charge in [-0.05, 0) is 59.4 Å². The topological polar surface area (TPSA) is 62.3 Å². The molecule has 3 aromatic rings. The molecule has 1 spiro atoms. The van der Waals surface area contributed by atoms with Crippen molar-refractivity contribution in [1.29, 1.82) is 0 Å². The minimum Gasteiger partial charge on any atom is -0.497 e. The van der Waals surface area contributed by atoms with Crippen molar-refractivity contribution in [3.63, 3.8) is 0 Å². The Hall–Kier alpha value is -3.42. The number of hydrogen-bond donors (Lipinski definition) is 0. The molecule has 2 fully saturated rings. The number of hydrogen-bond acceptors (Lipinski definition) is 5. The highest BCUT2D eigenvalue weighted by molar-refractivity contribution is 6.07. The fourth-order valence-electron chi connectivity index (χ4n) is 5.67. The Morgan fingerprint density at radius 1 is 0.838 bits per heavy atom. The molecule has 7 heteroatoms. The van der Waals surface area contributed by atoms with E-state index in [0.29, 0.717) is 39.0 Å². The van der Waals surface area contributed by atoms with E-state index >= 15 is 0 Å². The summed E-state index contributed by atoms with van der Waals surface area (Å²) in [6.45, 7) is 3.70. The Bertz CT molecular complexity index is 1250. The third-order valence-electron chi connectivity index (χ3n) is 7.75. The molecule has 7 nitrogen and oxygen atoms in total. The van der Waals surface area contributed by atoms with Crippen molar-refractivity contribution in [3.05, 3.63) is 77.9 Å². The number of urea groups is 1. The maximum Gasteiger partial charge on any atom is 0.327 e. The Morgan fingerprint density at radius 3 is 2.24 bits per heavy atom. The zero-order valence-corrected chi connectivity index (χ0v) is 21.7. The van der Waals surface area contributed by atoms with Crippen LogP contribution in [0.4, 0.5) is 4.79 Å². The molecule has 0 atom stereocenters. The maximum absolute atomic E-state index is 13.9. The smallest absolute Gasteiger partial charge is 0.327 e. The second-order valence-electron chi connectivity index (χ2n) is 10.0. The van der Waals surface area contributed by atoms with Crippen LogP contribution in [0.3, 0.4) is 0 Å². The second-order valence-corrected chi connectivity index (χ2v) is 10.0. The highest BCUT2D eigenvalue weighted by Crippen LogP contribution is 2.38. The Balaban J connectivity index is 1.33. The largest absolute Gasteiger partial charge is 0.497 e. The van der Waals surface area contributed by atoms with Crippen molar-refractivity contribution in [2.45, 2.75) is 37.9 Å². The number of amides is 3. The van der Waals surface area contributed by atoms with Gasteiger partial charge in [-0.25, -0.2) is 4.79 Å². The van der Waals surface area contributed by atoms with Crippen molar-refractivity contribution in [2.75, 3.05) is 40.5 Å². The first-order valence-corrected chi connectivity index (χ1v) is 13.0. The van der Waals surface area contributed by atoms with Gasteiger partial charge in [0.2, 0.25) is 0 Å². The highest BCUT2D eigenvalue weighted by atomic mass is 16.5. The van der Waals surface area contributed by atoms with E-state index in [-0.39, 0.29) is 11.9 Å². The summed E-state index contributed by atoms with van der Waals surface area (Å²) in [6, 6.07) is 22.2. The van der Waals surface area contributed by atoms with Crippen molar-refractivity contribution in [1.82, 2.24) is 14.7 Å². The fraction of sp³-hybridized carbons (Fsp3) is 0.400. The molecule has 2 aliphatic heterocycles. The number of imide groups is 1. The van der Waals surface area contributed by atoms with Gasteiger partial charge in [-0.3, -0.25) is 14.6 Å². The van der Waals surface area contributed by atoms with E-state index in [1.54, 1.807) is 14.2 Å². The number of piperidine rings is 1. The number of methoxy groups -OCH3 is 2. The van der Waals surface area contributed by atoms with Gasteiger partial charge in [-0.2, -0.15) is 0 Å². The Labute approximate surface area is 218 Å². The van der Waals surface area contributed by atoms with Crippen molar-refractivity contribution >= 4 is 22.7 Å². The molecule has 0 aliphatic carbocycles. The number of likely N-dealkylation sites (tertiary alicyclic amines) is 1. The summed E-state index contributed by atoms with van der Waals surface area (Å²) in [6.07, 6.45) is 1.97. The number of ether oxygens (including phenoxy) is 2. The van der Waals surface area contributed by atoms with Gasteiger partial charge in [0.1, 0.15) is 11.3 Å². The monoisotopic (exact) mass is 501 g/mol. The molecule has 2 saturated heterocycles. The lowest BCUT2D eigenvalue weighted by Gasteiger charge is -2.42. The van der Waals surface area contributed by atoms with Gasteiger partial charge in [0.05, 0.1) is 13.7 Å². The quantitative estimate of drug-likeness (QED) is 0.315. The molecule has 37 heavy (non-hydrogen) atoms. The van der Waals surface area contributed by atoms with Gasteiger partial charge in [0.15, 0.2) is 0 Å². The van der Waals surface area contributed by atoms with Crippen LogP contribution in [-0.2, 0) is 22.6 Å². The van der Waals surface area contributed by atoms with Gasteiger partial charge < -0.3 is 14.4 Å². The predicted molar refractivity (Wildman–Crippen MR) is 143 cm³/mol. The van der Waals surface area contributed by atoms with E-state index in [4.69, 9.17) is 9.47 Å². The summed E-state index contributed by atoms with van der Waals surface area (Å²) in [5, 5.41) is 2.25. The molecule has 2 aliphatic rings. The molecule has 0 unspecified atom stereocenters. The van der Waals surface area contributed by atoms with Crippen LogP contribution in [0.15, 0.2) is 66.7 Å². The Kier molecular flexibility index (Phi) is 7.44. The zero-order chi connectivity index (χ0) is 25.8. The predicted octanol–water partition coefficient (Wildman–Crippen LogP) is 4.68. The van der Waals surface area contributed by atoms with E-state index in [0.717, 1.165) is 41.7 Å². The van der Waals surface area contributed by atoms with Gasteiger partial charge in [-0.1, -0.05) is 48.5 Å². The van der Waals surface area contributed by atoms with Crippen molar-refractivity contribution < 1.29 is 19.1 Å². The minimum atomic E-state index is -0.780. The van der Waals surface area contributed by atoms with Crippen molar-refractivity contribution in [2.24, 2.45) is 0 Å². The summed E-state index contributed by atoms with van der Waals surface area (Å²) in [5.74, 6) is 0.779. The molecule has 3 aromatic carbocycles. The molecular weight excluding hydrogens is 466 g/mol. The van der Waals surface area contributed by atoms with E-state index in [9.17, 15) is 9.59 Å². The summed E-state index contributed by atoms with van der Waals surface area (Å²) in [4.78, 5) is 33.3. The van der Waals surface area contributed by atoms with Gasteiger partial charge in [0.25, 0.3) is 5.91 Å². The van der Waals surface area contributed by atoms with Crippen LogP contribution in [0.5, 0.6) is 5.75 Å². The lowest BCUT2D eigenvalue weighted by molar-refractivity contribution is -0.136. The number of carbonyl (C=O) groups is 2. The summed E-state index contributed by atoms with van der Waals surface area (Å²) < 4.78 is 10.5. The van der Waals surface area contributed by atoms with Crippen LogP contribution >= 0.6 is 0 Å². The summed E-state index contributed by atoms with van der Waals surface area (Å²) in [5.41, 5.74) is 1.39. The molecule has 194 valence electrons. The van der Waals surface area contributed by atoms with Crippen LogP contribution in [-0.4, -0.2) is 72.6 Å². The standard InChI is InChI=1S/C30H35N3O4/c1-36-19-5-16-33-29(35)32(22-24-8-11-25-6-3-4-7-26(25)20-24)28(34)30(33)14-17-31(18-15-30)21-23-9-12-27(37-2)13-10-23/h3-4,6-13,20H,5,14-19,21-22H2,1-2H3. The van der Waals surface area contributed by atoms with Gasteiger partial charge >= 0.3 is 6.03 Å². The molecule has 0 radical (unpaired) electrons. The van der Waals surface area contributed by atoms with Crippen molar-refractivity contribution in [3.8, 4) is 5.75 Å². The SMILES string of the molecule is COCCCN1C(=O)N(Cc2ccc3ccccc3c2)C(=O)C12CCN(Cc1ccc(OC)cc1)CC2. The van der Waals surface area contributed by atoms with E-state index in [2.05, 4.69) is 41.3 Å². The van der Waals surface area contributed by atoms with E-state index < -0.39 is 5.54 Å². The highest BCUT2D eigenvalue weighted by Gasteiger charge is 2.57. The lowest BCUT2D eigenvalue weighted by atomic mass is 9.85. The minimum absolute atomic E-state index is 0.0628. The molecule has 2 heterocycles. The average Bonchev–Trinajstić information content (AvgIpc) is 3.11. The van der Waals surface area contributed by atoms with Crippen LogP contribution in [0.25, 0.3) is 10.8 Å². The first kappa shape index (κ1) is 25.2. The third kappa shape index (κ3) is 5.06.